The van der Waals surface area contributed by atoms with Crippen molar-refractivity contribution in [2.45, 2.75) is 4.90 Å². The summed E-state index contributed by atoms with van der Waals surface area (Å²) in [7, 11) is -4.04. The zero-order valence-electron chi connectivity index (χ0n) is 9.90. The SMILES string of the molecule is Nc1cc(Br)c(F)c(S(=O)(=O)Nc2ccc(I)cc2)c1. The van der Waals surface area contributed by atoms with Crippen molar-refractivity contribution in [2.75, 3.05) is 10.5 Å². The Morgan fingerprint density at radius 2 is 1.80 bits per heavy atom. The Morgan fingerprint density at radius 3 is 2.40 bits per heavy atom. The zero-order chi connectivity index (χ0) is 14.9. The molecular weight excluding hydrogens is 462 g/mol. The summed E-state index contributed by atoms with van der Waals surface area (Å²) in [5.74, 6) is -0.878. The van der Waals surface area contributed by atoms with E-state index in [2.05, 4.69) is 43.2 Å². The van der Waals surface area contributed by atoms with Crippen LogP contribution >= 0.6 is 38.5 Å². The standard InChI is InChI=1S/C12H9BrFIN2O2S/c13-10-5-8(16)6-11(12(10)14)20(18,19)17-9-3-1-7(15)2-4-9/h1-6,17H,16H2. The molecule has 0 aliphatic heterocycles. The molecule has 0 unspecified atom stereocenters. The molecule has 0 atom stereocenters. The summed E-state index contributed by atoms with van der Waals surface area (Å²) in [4.78, 5) is -0.497. The van der Waals surface area contributed by atoms with Crippen LogP contribution in [0.15, 0.2) is 45.8 Å². The first-order valence-electron chi connectivity index (χ1n) is 5.32. The Bertz CT molecular complexity index is 751. The molecule has 0 amide bonds. The minimum Gasteiger partial charge on any atom is -0.399 e. The third-order valence-corrected chi connectivity index (χ3v) is 5.08. The number of halogens is 3. The summed E-state index contributed by atoms with van der Waals surface area (Å²) in [6.07, 6.45) is 0. The summed E-state index contributed by atoms with van der Waals surface area (Å²) >= 11 is 5.04. The van der Waals surface area contributed by atoms with Gasteiger partial charge in [-0.3, -0.25) is 4.72 Å². The largest absolute Gasteiger partial charge is 0.399 e. The first kappa shape index (κ1) is 15.5. The summed E-state index contributed by atoms with van der Waals surface area (Å²) in [5.41, 5.74) is 6.05. The van der Waals surface area contributed by atoms with Crippen LogP contribution in [0.3, 0.4) is 0 Å². The number of nitrogen functional groups attached to an aromatic ring is 1. The number of hydrogen-bond acceptors (Lipinski definition) is 3. The van der Waals surface area contributed by atoms with Gasteiger partial charge in [-0.05, 0) is 74.9 Å². The number of benzene rings is 2. The van der Waals surface area contributed by atoms with Crippen molar-refractivity contribution < 1.29 is 12.8 Å². The van der Waals surface area contributed by atoms with Crippen molar-refractivity contribution in [1.29, 1.82) is 0 Å². The average molecular weight is 471 g/mol. The Balaban J connectivity index is 2.43. The third kappa shape index (κ3) is 3.41. The summed E-state index contributed by atoms with van der Waals surface area (Å²) in [5, 5.41) is 0. The molecule has 106 valence electrons. The van der Waals surface area contributed by atoms with Crippen molar-refractivity contribution in [3.05, 3.63) is 50.3 Å². The monoisotopic (exact) mass is 470 g/mol. The fraction of sp³-hybridized carbons (Fsp3) is 0. The van der Waals surface area contributed by atoms with Gasteiger partial charge in [-0.25, -0.2) is 12.8 Å². The van der Waals surface area contributed by atoms with E-state index in [4.69, 9.17) is 5.73 Å². The number of nitrogens with one attached hydrogen (secondary N) is 1. The Kier molecular flexibility index (Phi) is 4.55. The van der Waals surface area contributed by atoms with E-state index in [9.17, 15) is 12.8 Å². The molecule has 0 aromatic heterocycles. The first-order valence-corrected chi connectivity index (χ1v) is 8.68. The molecule has 0 spiro atoms. The average Bonchev–Trinajstić information content (AvgIpc) is 2.36. The molecule has 4 nitrogen and oxygen atoms in total. The predicted octanol–water partition coefficient (Wildman–Crippen LogP) is 3.58. The molecule has 0 aliphatic rings. The van der Waals surface area contributed by atoms with Crippen molar-refractivity contribution >= 4 is 59.9 Å². The molecule has 20 heavy (non-hydrogen) atoms. The van der Waals surface area contributed by atoms with Crippen LogP contribution in [0.1, 0.15) is 0 Å². The highest BCUT2D eigenvalue weighted by molar-refractivity contribution is 14.1. The van der Waals surface area contributed by atoms with E-state index in [0.29, 0.717) is 5.69 Å². The van der Waals surface area contributed by atoms with Crippen LogP contribution in [-0.4, -0.2) is 8.42 Å². The molecule has 2 aromatic rings. The minimum absolute atomic E-state index is 0.000449. The lowest BCUT2D eigenvalue weighted by molar-refractivity contribution is 0.567. The van der Waals surface area contributed by atoms with Gasteiger partial charge in [0.25, 0.3) is 10.0 Å². The van der Waals surface area contributed by atoms with Crippen LogP contribution in [0.25, 0.3) is 0 Å². The molecule has 0 heterocycles. The van der Waals surface area contributed by atoms with Crippen LogP contribution in [0, 0.1) is 9.39 Å². The molecule has 8 heteroatoms. The van der Waals surface area contributed by atoms with Gasteiger partial charge < -0.3 is 5.73 Å². The first-order chi connectivity index (χ1) is 9.29. The van der Waals surface area contributed by atoms with Gasteiger partial charge in [-0.15, -0.1) is 0 Å². The maximum Gasteiger partial charge on any atom is 0.264 e. The van der Waals surface area contributed by atoms with Gasteiger partial charge >= 0.3 is 0 Å². The summed E-state index contributed by atoms with van der Waals surface area (Å²) in [6.45, 7) is 0. The van der Waals surface area contributed by atoms with Crippen molar-refractivity contribution in [3.8, 4) is 0 Å². The van der Waals surface area contributed by atoms with E-state index in [1.165, 1.54) is 6.07 Å². The Morgan fingerprint density at radius 1 is 1.20 bits per heavy atom. The maximum absolute atomic E-state index is 13.9. The van der Waals surface area contributed by atoms with Gasteiger partial charge in [0.1, 0.15) is 4.90 Å². The van der Waals surface area contributed by atoms with Crippen molar-refractivity contribution in [2.24, 2.45) is 0 Å². The second-order valence-corrected chi connectivity index (χ2v) is 7.68. The van der Waals surface area contributed by atoms with Crippen LogP contribution in [-0.2, 0) is 10.0 Å². The molecule has 0 bridgehead atoms. The van der Waals surface area contributed by atoms with E-state index < -0.39 is 20.7 Å². The highest BCUT2D eigenvalue weighted by Crippen LogP contribution is 2.27. The van der Waals surface area contributed by atoms with Gasteiger partial charge in [-0.2, -0.15) is 0 Å². The van der Waals surface area contributed by atoms with Crippen molar-refractivity contribution in [3.63, 3.8) is 0 Å². The minimum atomic E-state index is -4.04. The van der Waals surface area contributed by atoms with Gasteiger partial charge in [0.05, 0.1) is 4.47 Å². The predicted molar refractivity (Wildman–Crippen MR) is 88.5 cm³/mol. The van der Waals surface area contributed by atoms with Crippen molar-refractivity contribution in [1.82, 2.24) is 0 Å². The van der Waals surface area contributed by atoms with Crippen LogP contribution in [0.5, 0.6) is 0 Å². The third-order valence-electron chi connectivity index (χ3n) is 2.40. The summed E-state index contributed by atoms with van der Waals surface area (Å²) < 4.78 is 41.6. The molecule has 0 fully saturated rings. The van der Waals surface area contributed by atoms with E-state index in [1.54, 1.807) is 24.3 Å². The van der Waals surface area contributed by atoms with Gasteiger partial charge in [0, 0.05) is 14.9 Å². The smallest absolute Gasteiger partial charge is 0.264 e. The lowest BCUT2D eigenvalue weighted by Gasteiger charge is -2.10. The number of hydrogen-bond donors (Lipinski definition) is 2. The maximum atomic E-state index is 13.9. The Hall–Kier alpha value is -0.870. The van der Waals surface area contributed by atoms with Gasteiger partial charge in [0.15, 0.2) is 5.82 Å². The topological polar surface area (TPSA) is 72.2 Å². The van der Waals surface area contributed by atoms with E-state index >= 15 is 0 Å². The van der Waals surface area contributed by atoms with Crippen LogP contribution < -0.4 is 10.5 Å². The van der Waals surface area contributed by atoms with E-state index in [0.717, 1.165) is 9.64 Å². The van der Waals surface area contributed by atoms with E-state index in [1.807, 2.05) is 0 Å². The lowest BCUT2D eigenvalue weighted by Crippen LogP contribution is -2.15. The summed E-state index contributed by atoms with van der Waals surface area (Å²) in [6, 6.07) is 9.06. The number of sulfonamides is 1. The fourth-order valence-corrected chi connectivity index (χ4v) is 3.67. The van der Waals surface area contributed by atoms with Gasteiger partial charge in [0.2, 0.25) is 0 Å². The second kappa shape index (κ2) is 5.86. The molecule has 0 saturated carbocycles. The molecule has 0 aliphatic carbocycles. The van der Waals surface area contributed by atoms with Crippen LogP contribution in [0.4, 0.5) is 15.8 Å². The van der Waals surface area contributed by atoms with Crippen LogP contribution in [0.2, 0.25) is 0 Å². The molecule has 2 rings (SSSR count). The van der Waals surface area contributed by atoms with Gasteiger partial charge in [-0.1, -0.05) is 0 Å². The zero-order valence-corrected chi connectivity index (χ0v) is 14.5. The Labute approximate surface area is 137 Å². The molecule has 0 radical (unpaired) electrons. The fourth-order valence-electron chi connectivity index (χ4n) is 1.51. The number of rotatable bonds is 3. The highest BCUT2D eigenvalue weighted by atomic mass is 127. The molecule has 0 saturated heterocycles. The number of nitrogens with two attached hydrogens (primary N) is 1. The molecule has 2 aromatic carbocycles. The van der Waals surface area contributed by atoms with E-state index in [-0.39, 0.29) is 10.2 Å². The highest BCUT2D eigenvalue weighted by Gasteiger charge is 2.21. The normalized spacial score (nSPS) is 11.3. The molecule has 3 N–H and O–H groups in total. The molecular formula is C12H9BrFIN2O2S. The lowest BCUT2D eigenvalue weighted by atomic mass is 10.3. The second-order valence-electron chi connectivity index (χ2n) is 3.93. The quantitative estimate of drug-likeness (QED) is 0.532. The number of anilines is 2.